The number of hydrogen-bond donors (Lipinski definition) is 0. The molecular weight excluding hydrogens is 260 g/mol. The Hall–Kier alpha value is -1.81. The van der Waals surface area contributed by atoms with Crippen molar-refractivity contribution in [2.75, 3.05) is 0 Å². The van der Waals surface area contributed by atoms with E-state index in [-0.39, 0.29) is 4.90 Å². The van der Waals surface area contributed by atoms with Gasteiger partial charge in [-0.1, -0.05) is 35.9 Å². The van der Waals surface area contributed by atoms with Crippen molar-refractivity contribution in [3.05, 3.63) is 59.2 Å². The van der Waals surface area contributed by atoms with Crippen molar-refractivity contribution in [3.8, 4) is 5.75 Å². The zero-order valence-electron chi connectivity index (χ0n) is 11.2. The molecule has 4 heteroatoms. The maximum absolute atomic E-state index is 12.3. The van der Waals surface area contributed by atoms with Crippen LogP contribution < -0.4 is 4.18 Å². The van der Waals surface area contributed by atoms with Gasteiger partial charge in [0, 0.05) is 0 Å². The van der Waals surface area contributed by atoms with Crippen LogP contribution in [0.25, 0.3) is 0 Å². The smallest absolute Gasteiger partial charge is 0.339 e. The second-order valence-electron chi connectivity index (χ2n) is 4.58. The minimum atomic E-state index is -3.79. The van der Waals surface area contributed by atoms with Crippen LogP contribution in [-0.4, -0.2) is 8.42 Å². The topological polar surface area (TPSA) is 43.4 Å². The van der Waals surface area contributed by atoms with E-state index >= 15 is 0 Å². The van der Waals surface area contributed by atoms with Crippen LogP contribution in [0.15, 0.2) is 47.4 Å². The fourth-order valence-corrected chi connectivity index (χ4v) is 3.56. The third-order valence-corrected chi connectivity index (χ3v) is 4.36. The maximum Gasteiger partial charge on any atom is 0.339 e. The van der Waals surface area contributed by atoms with Crippen molar-refractivity contribution in [3.63, 3.8) is 0 Å². The number of rotatable bonds is 3. The van der Waals surface area contributed by atoms with Crippen LogP contribution >= 0.6 is 0 Å². The van der Waals surface area contributed by atoms with E-state index < -0.39 is 10.1 Å². The molecule has 0 aliphatic carbocycles. The van der Waals surface area contributed by atoms with Crippen LogP contribution in [0.3, 0.4) is 0 Å². The predicted octanol–water partition coefficient (Wildman–Crippen LogP) is 3.38. The van der Waals surface area contributed by atoms with Gasteiger partial charge in [0.15, 0.2) is 0 Å². The Balaban J connectivity index is 2.46. The molecule has 2 rings (SSSR count). The summed E-state index contributed by atoms with van der Waals surface area (Å²) < 4.78 is 29.8. The molecule has 0 aliphatic heterocycles. The van der Waals surface area contributed by atoms with Crippen molar-refractivity contribution in [1.82, 2.24) is 0 Å². The first kappa shape index (κ1) is 13.6. The fraction of sp³-hybridized carbons (Fsp3) is 0.200. The van der Waals surface area contributed by atoms with E-state index in [0.717, 1.165) is 5.56 Å². The van der Waals surface area contributed by atoms with Gasteiger partial charge in [0.05, 0.1) is 0 Å². The number of hydrogen-bond acceptors (Lipinski definition) is 3. The van der Waals surface area contributed by atoms with Gasteiger partial charge in [0.25, 0.3) is 0 Å². The van der Waals surface area contributed by atoms with Crippen molar-refractivity contribution >= 4 is 10.1 Å². The zero-order valence-corrected chi connectivity index (χ0v) is 12.0. The fourth-order valence-electron chi connectivity index (χ4n) is 2.21. The molecular formula is C15H16O3S. The highest BCUT2D eigenvalue weighted by molar-refractivity contribution is 7.87. The summed E-state index contributed by atoms with van der Waals surface area (Å²) in [6.45, 7) is 5.50. The van der Waals surface area contributed by atoms with Crippen molar-refractivity contribution in [2.45, 2.75) is 25.7 Å². The van der Waals surface area contributed by atoms with E-state index in [1.807, 2.05) is 25.1 Å². The lowest BCUT2D eigenvalue weighted by Gasteiger charge is -2.12. The largest absolute Gasteiger partial charge is 0.379 e. The van der Waals surface area contributed by atoms with Gasteiger partial charge in [-0.15, -0.1) is 0 Å². The third-order valence-electron chi connectivity index (χ3n) is 2.80. The Morgan fingerprint density at radius 2 is 1.42 bits per heavy atom. The number of aryl methyl sites for hydroxylation is 3. The lowest BCUT2D eigenvalue weighted by molar-refractivity contribution is 0.485. The summed E-state index contributed by atoms with van der Waals surface area (Å²) in [5.41, 5.74) is 2.44. The van der Waals surface area contributed by atoms with E-state index in [1.54, 1.807) is 38.1 Å². The molecule has 19 heavy (non-hydrogen) atoms. The van der Waals surface area contributed by atoms with Crippen LogP contribution in [0, 0.1) is 20.8 Å². The summed E-state index contributed by atoms with van der Waals surface area (Å²) in [5.74, 6) is 0.321. The third kappa shape index (κ3) is 2.96. The quantitative estimate of drug-likeness (QED) is 0.807. The van der Waals surface area contributed by atoms with Gasteiger partial charge in [-0.05, 0) is 44.0 Å². The second kappa shape index (κ2) is 5.05. The molecule has 0 saturated carbocycles. The molecule has 3 nitrogen and oxygen atoms in total. The van der Waals surface area contributed by atoms with E-state index in [1.165, 1.54) is 0 Å². The molecule has 0 fully saturated rings. The van der Waals surface area contributed by atoms with Gasteiger partial charge >= 0.3 is 10.1 Å². The maximum atomic E-state index is 12.3. The molecule has 0 amide bonds. The summed E-state index contributed by atoms with van der Waals surface area (Å²) in [6.07, 6.45) is 0. The molecule has 0 saturated heterocycles. The minimum Gasteiger partial charge on any atom is -0.379 e. The highest BCUT2D eigenvalue weighted by atomic mass is 32.2. The normalized spacial score (nSPS) is 11.3. The SMILES string of the molecule is Cc1cc(C)c(S(=O)(=O)Oc2ccccc2)c(C)c1. The summed E-state index contributed by atoms with van der Waals surface area (Å²) in [7, 11) is -3.79. The Labute approximate surface area is 114 Å². The molecule has 0 spiro atoms. The van der Waals surface area contributed by atoms with E-state index in [9.17, 15) is 8.42 Å². The summed E-state index contributed by atoms with van der Waals surface area (Å²) in [6, 6.07) is 12.2. The summed E-state index contributed by atoms with van der Waals surface area (Å²) in [4.78, 5) is 0.252. The molecule has 100 valence electrons. The van der Waals surface area contributed by atoms with E-state index in [2.05, 4.69) is 0 Å². The molecule has 0 radical (unpaired) electrons. The molecule has 2 aromatic rings. The second-order valence-corrected chi connectivity index (χ2v) is 6.06. The predicted molar refractivity (Wildman–Crippen MR) is 74.9 cm³/mol. The van der Waals surface area contributed by atoms with Gasteiger partial charge in [-0.25, -0.2) is 0 Å². The zero-order chi connectivity index (χ0) is 14.0. The number of benzene rings is 2. The molecule has 0 heterocycles. The first-order valence-corrected chi connectivity index (χ1v) is 7.38. The molecule has 2 aromatic carbocycles. The molecule has 0 atom stereocenters. The van der Waals surface area contributed by atoms with Crippen LogP contribution in [-0.2, 0) is 10.1 Å². The van der Waals surface area contributed by atoms with Crippen molar-refractivity contribution in [2.24, 2.45) is 0 Å². The van der Waals surface area contributed by atoms with Crippen LogP contribution in [0.2, 0.25) is 0 Å². The van der Waals surface area contributed by atoms with Gasteiger partial charge in [-0.2, -0.15) is 8.42 Å². The number of para-hydroxylation sites is 1. The Morgan fingerprint density at radius 1 is 0.895 bits per heavy atom. The standard InChI is InChI=1S/C15H16O3S/c1-11-9-12(2)15(13(3)10-11)19(16,17)18-14-7-5-4-6-8-14/h4-10H,1-3H3. The van der Waals surface area contributed by atoms with Crippen LogP contribution in [0.1, 0.15) is 16.7 Å². The van der Waals surface area contributed by atoms with Crippen molar-refractivity contribution in [1.29, 1.82) is 0 Å². The average molecular weight is 276 g/mol. The highest BCUT2D eigenvalue weighted by Crippen LogP contribution is 2.25. The average Bonchev–Trinajstić information content (AvgIpc) is 2.27. The van der Waals surface area contributed by atoms with E-state index in [0.29, 0.717) is 16.9 Å². The van der Waals surface area contributed by atoms with Gasteiger partial charge in [0.2, 0.25) is 0 Å². The molecule has 0 unspecified atom stereocenters. The Morgan fingerprint density at radius 3 is 1.95 bits per heavy atom. The molecule has 0 bridgehead atoms. The monoisotopic (exact) mass is 276 g/mol. The van der Waals surface area contributed by atoms with Gasteiger partial charge in [0.1, 0.15) is 10.6 Å². The van der Waals surface area contributed by atoms with Crippen LogP contribution in [0.4, 0.5) is 0 Å². The lowest BCUT2D eigenvalue weighted by atomic mass is 10.1. The highest BCUT2D eigenvalue weighted by Gasteiger charge is 2.21. The summed E-state index contributed by atoms with van der Waals surface area (Å²) in [5, 5.41) is 0. The van der Waals surface area contributed by atoms with Crippen molar-refractivity contribution < 1.29 is 12.6 Å². The van der Waals surface area contributed by atoms with E-state index in [4.69, 9.17) is 4.18 Å². The Kier molecular flexibility index (Phi) is 3.62. The van der Waals surface area contributed by atoms with Gasteiger partial charge < -0.3 is 4.18 Å². The minimum absolute atomic E-state index is 0.252. The van der Waals surface area contributed by atoms with Gasteiger partial charge in [-0.3, -0.25) is 0 Å². The molecule has 0 aromatic heterocycles. The first-order valence-electron chi connectivity index (χ1n) is 5.97. The molecule has 0 aliphatic rings. The van der Waals surface area contributed by atoms with Crippen LogP contribution in [0.5, 0.6) is 5.75 Å². The first-order chi connectivity index (χ1) is 8.90. The molecule has 0 N–H and O–H groups in total. The Bertz CT molecular complexity index is 666. The summed E-state index contributed by atoms with van der Waals surface area (Å²) >= 11 is 0. The lowest BCUT2D eigenvalue weighted by Crippen LogP contribution is -2.13.